The lowest BCUT2D eigenvalue weighted by atomic mass is 10.5. The Morgan fingerprint density at radius 3 is 2.69 bits per heavy atom. The zero-order valence-corrected chi connectivity index (χ0v) is 8.80. The normalized spacial score (nSPS) is 10.7. The van der Waals surface area contributed by atoms with E-state index in [2.05, 4.69) is 23.7 Å². The van der Waals surface area contributed by atoms with Gasteiger partial charge in [-0.15, -0.1) is 11.3 Å². The van der Waals surface area contributed by atoms with Crippen LogP contribution in [0.3, 0.4) is 0 Å². The van der Waals surface area contributed by atoms with Crippen LogP contribution in [-0.2, 0) is 6.54 Å². The summed E-state index contributed by atoms with van der Waals surface area (Å²) in [7, 11) is 0. The van der Waals surface area contributed by atoms with E-state index in [9.17, 15) is 4.79 Å². The Bertz CT molecular complexity index is 268. The minimum atomic E-state index is 0.548. The first-order chi connectivity index (χ1) is 6.30. The summed E-state index contributed by atoms with van der Waals surface area (Å²) in [6, 6.07) is 0. The Kier molecular flexibility index (Phi) is 4.05. The third-order valence-electron chi connectivity index (χ3n) is 1.94. The van der Waals surface area contributed by atoms with Crippen LogP contribution in [-0.4, -0.2) is 29.3 Å². The van der Waals surface area contributed by atoms with Crippen LogP contribution >= 0.6 is 11.3 Å². The molecule has 1 aromatic rings. The number of hydrogen-bond acceptors (Lipinski definition) is 4. The molecule has 4 heteroatoms. The van der Waals surface area contributed by atoms with Crippen LogP contribution in [0.15, 0.2) is 5.38 Å². The van der Waals surface area contributed by atoms with Crippen molar-refractivity contribution >= 4 is 17.6 Å². The van der Waals surface area contributed by atoms with Crippen molar-refractivity contribution in [2.45, 2.75) is 20.4 Å². The van der Waals surface area contributed by atoms with Gasteiger partial charge in [0.2, 0.25) is 0 Å². The highest BCUT2D eigenvalue weighted by Gasteiger charge is 2.04. The molecule has 0 unspecified atom stereocenters. The van der Waals surface area contributed by atoms with Gasteiger partial charge in [0.05, 0.1) is 6.54 Å². The highest BCUT2D eigenvalue weighted by molar-refractivity contribution is 7.09. The van der Waals surface area contributed by atoms with Crippen molar-refractivity contribution in [3.05, 3.63) is 16.1 Å². The molecule has 0 N–H and O–H groups in total. The van der Waals surface area contributed by atoms with E-state index in [1.165, 1.54) is 0 Å². The average Bonchev–Trinajstić information content (AvgIpc) is 2.61. The molecule has 0 spiro atoms. The van der Waals surface area contributed by atoms with E-state index in [1.54, 1.807) is 16.7 Å². The minimum absolute atomic E-state index is 0.548. The predicted molar refractivity (Wildman–Crippen MR) is 54.1 cm³/mol. The molecule has 0 aromatic carbocycles. The van der Waals surface area contributed by atoms with Gasteiger partial charge in [0.25, 0.3) is 0 Å². The van der Waals surface area contributed by atoms with Crippen molar-refractivity contribution in [3.63, 3.8) is 0 Å². The molecule has 0 atom stereocenters. The topological polar surface area (TPSA) is 33.2 Å². The molecule has 0 saturated heterocycles. The smallest absolute Gasteiger partial charge is 0.169 e. The lowest BCUT2D eigenvalue weighted by molar-refractivity contribution is 0.111. The van der Waals surface area contributed by atoms with Gasteiger partial charge >= 0.3 is 0 Å². The van der Waals surface area contributed by atoms with Gasteiger partial charge in [-0.2, -0.15) is 0 Å². The highest BCUT2D eigenvalue weighted by atomic mass is 32.1. The average molecular weight is 198 g/mol. The predicted octanol–water partition coefficient (Wildman–Crippen LogP) is 1.80. The van der Waals surface area contributed by atoms with Crippen LogP contribution in [0.5, 0.6) is 0 Å². The van der Waals surface area contributed by atoms with Crippen molar-refractivity contribution in [3.8, 4) is 0 Å². The summed E-state index contributed by atoms with van der Waals surface area (Å²) in [4.78, 5) is 16.8. The van der Waals surface area contributed by atoms with Crippen LogP contribution in [0.1, 0.15) is 29.3 Å². The van der Waals surface area contributed by atoms with Gasteiger partial charge in [0, 0.05) is 5.38 Å². The molecule has 0 radical (unpaired) electrons. The van der Waals surface area contributed by atoms with Gasteiger partial charge < -0.3 is 0 Å². The molecule has 1 rings (SSSR count). The Morgan fingerprint density at radius 1 is 1.54 bits per heavy atom. The molecule has 0 amide bonds. The molecule has 0 aliphatic heterocycles. The number of nitrogens with zero attached hydrogens (tertiary/aromatic N) is 2. The fourth-order valence-corrected chi connectivity index (χ4v) is 1.87. The number of hydrogen-bond donors (Lipinski definition) is 0. The molecule has 0 aliphatic carbocycles. The molecule has 0 saturated carbocycles. The summed E-state index contributed by atoms with van der Waals surface area (Å²) in [6.07, 6.45) is 0.794. The summed E-state index contributed by atoms with van der Waals surface area (Å²) in [5.74, 6) is 0. The number of aldehydes is 1. The van der Waals surface area contributed by atoms with Gasteiger partial charge in [-0.25, -0.2) is 4.98 Å². The molecule has 13 heavy (non-hydrogen) atoms. The van der Waals surface area contributed by atoms with Crippen LogP contribution in [0.2, 0.25) is 0 Å². The molecule has 0 aliphatic rings. The maximum Gasteiger partial charge on any atom is 0.169 e. The van der Waals surface area contributed by atoms with Crippen molar-refractivity contribution in [1.82, 2.24) is 9.88 Å². The number of rotatable bonds is 5. The van der Waals surface area contributed by atoms with Crippen LogP contribution < -0.4 is 0 Å². The summed E-state index contributed by atoms with van der Waals surface area (Å²) in [6.45, 7) is 7.14. The summed E-state index contributed by atoms with van der Waals surface area (Å²) >= 11 is 1.55. The number of carbonyl (C=O) groups excluding carboxylic acids is 1. The number of carbonyl (C=O) groups is 1. The van der Waals surface area contributed by atoms with Crippen LogP contribution in [0.25, 0.3) is 0 Å². The third-order valence-corrected chi connectivity index (χ3v) is 2.80. The largest absolute Gasteiger partial charge is 0.297 e. The fraction of sp³-hybridized carbons (Fsp3) is 0.556. The standard InChI is InChI=1S/C9H14N2OS/c1-3-11(4-2)5-9-10-8(6-12)7-13-9/h6-7H,3-5H2,1-2H3. The number of aromatic nitrogens is 1. The summed E-state index contributed by atoms with van der Waals surface area (Å²) in [5, 5.41) is 2.82. The monoisotopic (exact) mass is 198 g/mol. The molecular formula is C9H14N2OS. The lowest BCUT2D eigenvalue weighted by Gasteiger charge is -2.15. The first-order valence-corrected chi connectivity index (χ1v) is 5.30. The van der Waals surface area contributed by atoms with E-state index in [-0.39, 0.29) is 0 Å². The lowest BCUT2D eigenvalue weighted by Crippen LogP contribution is -2.21. The quantitative estimate of drug-likeness (QED) is 0.676. The van der Waals surface area contributed by atoms with E-state index in [0.717, 1.165) is 30.9 Å². The minimum Gasteiger partial charge on any atom is -0.297 e. The van der Waals surface area contributed by atoms with Gasteiger partial charge in [-0.05, 0) is 13.1 Å². The zero-order valence-electron chi connectivity index (χ0n) is 7.99. The Morgan fingerprint density at radius 2 is 2.23 bits per heavy atom. The van der Waals surface area contributed by atoms with Crippen molar-refractivity contribution in [2.75, 3.05) is 13.1 Å². The molecule has 3 nitrogen and oxygen atoms in total. The van der Waals surface area contributed by atoms with Gasteiger partial charge in [-0.3, -0.25) is 9.69 Å². The molecule has 0 fully saturated rings. The van der Waals surface area contributed by atoms with E-state index >= 15 is 0 Å². The summed E-state index contributed by atoms with van der Waals surface area (Å²) in [5.41, 5.74) is 0.548. The fourth-order valence-electron chi connectivity index (χ4n) is 1.09. The Hall–Kier alpha value is -0.740. The van der Waals surface area contributed by atoms with Crippen molar-refractivity contribution < 1.29 is 4.79 Å². The second-order valence-corrected chi connectivity index (χ2v) is 3.69. The molecule has 72 valence electrons. The second-order valence-electron chi connectivity index (χ2n) is 2.75. The maximum absolute atomic E-state index is 10.4. The SMILES string of the molecule is CCN(CC)Cc1nc(C=O)cs1. The van der Waals surface area contributed by atoms with Crippen molar-refractivity contribution in [2.24, 2.45) is 0 Å². The van der Waals surface area contributed by atoms with Gasteiger partial charge in [0.1, 0.15) is 10.7 Å². The zero-order chi connectivity index (χ0) is 9.68. The first kappa shape index (κ1) is 10.3. The van der Waals surface area contributed by atoms with E-state index in [4.69, 9.17) is 0 Å². The Labute approximate surface area is 82.4 Å². The van der Waals surface area contributed by atoms with Crippen LogP contribution in [0.4, 0.5) is 0 Å². The second kappa shape index (κ2) is 5.09. The van der Waals surface area contributed by atoms with Gasteiger partial charge in [-0.1, -0.05) is 13.8 Å². The van der Waals surface area contributed by atoms with E-state index in [0.29, 0.717) is 5.69 Å². The summed E-state index contributed by atoms with van der Waals surface area (Å²) < 4.78 is 0. The molecule has 1 aromatic heterocycles. The van der Waals surface area contributed by atoms with Crippen LogP contribution in [0, 0.1) is 0 Å². The molecule has 1 heterocycles. The van der Waals surface area contributed by atoms with E-state index < -0.39 is 0 Å². The molecular weight excluding hydrogens is 184 g/mol. The van der Waals surface area contributed by atoms with Gasteiger partial charge in [0.15, 0.2) is 6.29 Å². The maximum atomic E-state index is 10.4. The third kappa shape index (κ3) is 2.90. The van der Waals surface area contributed by atoms with Crippen molar-refractivity contribution in [1.29, 1.82) is 0 Å². The highest BCUT2D eigenvalue weighted by Crippen LogP contribution is 2.10. The number of thiazole rings is 1. The first-order valence-electron chi connectivity index (χ1n) is 4.42. The Balaban J connectivity index is 2.57. The van der Waals surface area contributed by atoms with E-state index in [1.807, 2.05) is 0 Å². The molecule has 0 bridgehead atoms.